The van der Waals surface area contributed by atoms with E-state index in [1.807, 2.05) is 32.9 Å². The lowest BCUT2D eigenvalue weighted by Gasteiger charge is -2.43. The summed E-state index contributed by atoms with van der Waals surface area (Å²) in [6, 6.07) is 4.04. The van der Waals surface area contributed by atoms with Gasteiger partial charge >= 0.3 is 0 Å². The number of nitrogens with zero attached hydrogens (tertiary/aromatic N) is 2. The van der Waals surface area contributed by atoms with Gasteiger partial charge in [0.25, 0.3) is 5.91 Å². The molecule has 2 fully saturated rings. The Hall–Kier alpha value is -1.93. The number of amides is 1. The van der Waals surface area contributed by atoms with Crippen LogP contribution in [0.25, 0.3) is 5.57 Å². The highest BCUT2D eigenvalue weighted by Gasteiger charge is 2.56. The van der Waals surface area contributed by atoms with Crippen LogP contribution in [0, 0.1) is 20.8 Å². The van der Waals surface area contributed by atoms with Crippen LogP contribution in [0.4, 0.5) is 0 Å². The van der Waals surface area contributed by atoms with Crippen LogP contribution >= 0.6 is 0 Å². The fourth-order valence-corrected chi connectivity index (χ4v) is 4.89. The minimum Gasteiger partial charge on any atom is -0.509 e. The molecule has 3 heterocycles. The molecular weight excluding hydrogens is 372 g/mol. The lowest BCUT2D eigenvalue weighted by atomic mass is 9.85. The van der Waals surface area contributed by atoms with E-state index in [9.17, 15) is 15.1 Å². The van der Waals surface area contributed by atoms with Crippen LogP contribution in [0.3, 0.4) is 0 Å². The number of aryl methyl sites for hydroxylation is 3. The number of aliphatic hydroxyl groups excluding tert-OH is 1. The third-order valence-corrected chi connectivity index (χ3v) is 6.32. The molecule has 0 bridgehead atoms. The summed E-state index contributed by atoms with van der Waals surface area (Å²) in [6.07, 6.45) is 2.96. The van der Waals surface area contributed by atoms with Crippen LogP contribution in [0.2, 0.25) is 0 Å². The van der Waals surface area contributed by atoms with Gasteiger partial charge in [-0.05, 0) is 63.1 Å². The summed E-state index contributed by atoms with van der Waals surface area (Å²) in [7, 11) is 0. The number of hydrogen-bond donors (Lipinski definition) is 2. The molecule has 1 aromatic carbocycles. The Labute approximate surface area is 171 Å². The Morgan fingerprint density at radius 2 is 1.79 bits per heavy atom. The standard InChI is InChI=1S/C22H30N2O5/c1-14-12-15(2)18(16(3)13-14)19-20(25)22(7-9-23(27)10-8-22)24(21(19)26)29-17-6-4-5-11-28-17/h12-13,17,25,27H,4-11H2,1-3H3. The second-order valence-corrected chi connectivity index (χ2v) is 8.48. The van der Waals surface area contributed by atoms with Crippen molar-refractivity contribution < 1.29 is 24.7 Å². The van der Waals surface area contributed by atoms with Gasteiger partial charge in [0.05, 0.1) is 5.57 Å². The minimum absolute atomic E-state index is 0.0430. The van der Waals surface area contributed by atoms with Crippen molar-refractivity contribution in [1.29, 1.82) is 0 Å². The molecule has 1 amide bonds. The molecule has 1 unspecified atom stereocenters. The molecule has 1 atom stereocenters. The van der Waals surface area contributed by atoms with Crippen molar-refractivity contribution in [3.05, 3.63) is 40.1 Å². The molecule has 1 aromatic rings. The molecule has 2 N–H and O–H groups in total. The molecule has 1 spiro atoms. The van der Waals surface area contributed by atoms with Gasteiger partial charge in [-0.25, -0.2) is 9.90 Å². The van der Waals surface area contributed by atoms with Gasteiger partial charge in [0, 0.05) is 26.1 Å². The number of rotatable bonds is 3. The molecule has 7 nitrogen and oxygen atoms in total. The van der Waals surface area contributed by atoms with Crippen molar-refractivity contribution in [3.8, 4) is 0 Å². The molecule has 4 rings (SSSR count). The maximum absolute atomic E-state index is 13.6. The topological polar surface area (TPSA) is 82.5 Å². The first-order valence-corrected chi connectivity index (χ1v) is 10.4. The third kappa shape index (κ3) is 3.46. The van der Waals surface area contributed by atoms with E-state index in [2.05, 4.69) is 0 Å². The van der Waals surface area contributed by atoms with E-state index in [1.54, 1.807) is 0 Å². The van der Waals surface area contributed by atoms with E-state index >= 15 is 0 Å². The molecule has 2 saturated heterocycles. The number of carbonyl (C=O) groups is 1. The van der Waals surface area contributed by atoms with E-state index in [0.717, 1.165) is 35.1 Å². The number of hydrogen-bond acceptors (Lipinski definition) is 6. The number of hydroxylamine groups is 4. The summed E-state index contributed by atoms with van der Waals surface area (Å²) in [5.74, 6) is -0.292. The first kappa shape index (κ1) is 20.3. The highest BCUT2D eigenvalue weighted by atomic mass is 16.8. The van der Waals surface area contributed by atoms with Crippen molar-refractivity contribution in [1.82, 2.24) is 10.1 Å². The predicted octanol–water partition coefficient (Wildman–Crippen LogP) is 3.41. The summed E-state index contributed by atoms with van der Waals surface area (Å²) in [4.78, 5) is 19.7. The van der Waals surface area contributed by atoms with E-state index in [0.29, 0.717) is 44.5 Å². The van der Waals surface area contributed by atoms with Gasteiger partial charge in [0.1, 0.15) is 11.3 Å². The molecule has 0 saturated carbocycles. The zero-order chi connectivity index (χ0) is 20.8. The highest BCUT2D eigenvalue weighted by Crippen LogP contribution is 2.47. The maximum atomic E-state index is 13.6. The van der Waals surface area contributed by atoms with Gasteiger partial charge in [-0.2, -0.15) is 5.06 Å². The predicted molar refractivity (Wildman–Crippen MR) is 107 cm³/mol. The van der Waals surface area contributed by atoms with E-state index in [1.165, 1.54) is 10.1 Å². The van der Waals surface area contributed by atoms with Crippen LogP contribution in [-0.2, 0) is 14.4 Å². The number of aliphatic hydroxyl groups is 1. The molecule has 29 heavy (non-hydrogen) atoms. The second kappa shape index (κ2) is 7.72. The average molecular weight is 402 g/mol. The average Bonchev–Trinajstić information content (AvgIpc) is 2.87. The van der Waals surface area contributed by atoms with Crippen molar-refractivity contribution in [2.24, 2.45) is 0 Å². The zero-order valence-electron chi connectivity index (χ0n) is 17.4. The second-order valence-electron chi connectivity index (χ2n) is 8.48. The van der Waals surface area contributed by atoms with Crippen LogP contribution in [0.15, 0.2) is 17.9 Å². The normalized spacial score (nSPS) is 25.3. The molecule has 158 valence electrons. The Morgan fingerprint density at radius 1 is 1.14 bits per heavy atom. The van der Waals surface area contributed by atoms with Gasteiger partial charge in [0.2, 0.25) is 0 Å². The Balaban J connectivity index is 1.77. The first-order valence-electron chi connectivity index (χ1n) is 10.4. The van der Waals surface area contributed by atoms with Gasteiger partial charge in [0.15, 0.2) is 6.29 Å². The maximum Gasteiger partial charge on any atom is 0.282 e. The zero-order valence-corrected chi connectivity index (χ0v) is 17.4. The summed E-state index contributed by atoms with van der Waals surface area (Å²) in [6.45, 7) is 7.23. The number of carbonyl (C=O) groups excluding carboxylic acids is 1. The van der Waals surface area contributed by atoms with Crippen LogP contribution < -0.4 is 0 Å². The first-order chi connectivity index (χ1) is 13.8. The molecule has 7 heteroatoms. The Morgan fingerprint density at radius 3 is 2.38 bits per heavy atom. The molecule has 0 radical (unpaired) electrons. The lowest BCUT2D eigenvalue weighted by molar-refractivity contribution is -0.308. The monoisotopic (exact) mass is 402 g/mol. The quantitative estimate of drug-likeness (QED) is 0.806. The summed E-state index contributed by atoms with van der Waals surface area (Å²) >= 11 is 0. The van der Waals surface area contributed by atoms with Crippen LogP contribution in [0.1, 0.15) is 54.4 Å². The highest BCUT2D eigenvalue weighted by molar-refractivity contribution is 6.23. The number of benzene rings is 1. The molecule has 0 aromatic heterocycles. The van der Waals surface area contributed by atoms with E-state index < -0.39 is 11.8 Å². The van der Waals surface area contributed by atoms with Crippen molar-refractivity contribution in [2.45, 2.75) is 64.7 Å². The Bertz CT molecular complexity index is 813. The molecule has 3 aliphatic rings. The number of piperidine rings is 1. The van der Waals surface area contributed by atoms with E-state index in [-0.39, 0.29) is 11.7 Å². The Kier molecular flexibility index (Phi) is 5.42. The van der Waals surface area contributed by atoms with Gasteiger partial charge < -0.3 is 15.1 Å². The largest absolute Gasteiger partial charge is 0.509 e. The smallest absolute Gasteiger partial charge is 0.282 e. The fourth-order valence-electron chi connectivity index (χ4n) is 4.89. The lowest BCUT2D eigenvalue weighted by Crippen LogP contribution is -2.55. The number of ether oxygens (including phenoxy) is 1. The molecular formula is C22H30N2O5. The van der Waals surface area contributed by atoms with Crippen LogP contribution in [0.5, 0.6) is 0 Å². The van der Waals surface area contributed by atoms with Crippen LogP contribution in [-0.4, -0.2) is 57.9 Å². The summed E-state index contributed by atoms with van der Waals surface area (Å²) in [5, 5.41) is 23.8. The van der Waals surface area contributed by atoms with Crippen molar-refractivity contribution in [2.75, 3.05) is 19.7 Å². The summed E-state index contributed by atoms with van der Waals surface area (Å²) in [5.41, 5.74) is 3.10. The third-order valence-electron chi connectivity index (χ3n) is 6.32. The van der Waals surface area contributed by atoms with E-state index in [4.69, 9.17) is 9.57 Å². The van der Waals surface area contributed by atoms with Gasteiger partial charge in [-0.3, -0.25) is 4.79 Å². The molecule has 0 aliphatic carbocycles. The summed E-state index contributed by atoms with van der Waals surface area (Å²) < 4.78 is 5.71. The van der Waals surface area contributed by atoms with Gasteiger partial charge in [-0.15, -0.1) is 0 Å². The fraction of sp³-hybridized carbons (Fsp3) is 0.591. The van der Waals surface area contributed by atoms with Crippen molar-refractivity contribution >= 4 is 11.5 Å². The van der Waals surface area contributed by atoms with Gasteiger partial charge in [-0.1, -0.05) is 17.7 Å². The molecule has 3 aliphatic heterocycles. The van der Waals surface area contributed by atoms with Crippen molar-refractivity contribution in [3.63, 3.8) is 0 Å². The SMILES string of the molecule is Cc1cc(C)c(C2=C(O)C3(CCN(O)CC3)N(OC3CCCCO3)C2=O)c(C)c1. The minimum atomic E-state index is -0.976.